The molecule has 0 aliphatic carbocycles. The standard InChI is InChI=1S/C12H21ClN2/c1-3-5-12(13)7-6-11-9-14-15(10-11)8-4-2/h9-10,12H,3-8H2,1-2H3. The Morgan fingerprint density at radius 1 is 1.33 bits per heavy atom. The molecule has 15 heavy (non-hydrogen) atoms. The summed E-state index contributed by atoms with van der Waals surface area (Å²) in [4.78, 5) is 0. The minimum absolute atomic E-state index is 0.324. The zero-order chi connectivity index (χ0) is 11.1. The molecule has 1 aromatic heterocycles. The van der Waals surface area contributed by atoms with E-state index in [1.807, 2.05) is 10.9 Å². The summed E-state index contributed by atoms with van der Waals surface area (Å²) in [6.45, 7) is 5.35. The van der Waals surface area contributed by atoms with E-state index >= 15 is 0 Å². The van der Waals surface area contributed by atoms with Crippen LogP contribution in [0.4, 0.5) is 0 Å². The molecule has 0 N–H and O–H groups in total. The molecule has 0 spiro atoms. The van der Waals surface area contributed by atoms with Gasteiger partial charge in [0, 0.05) is 18.1 Å². The van der Waals surface area contributed by atoms with E-state index in [0.29, 0.717) is 5.38 Å². The maximum absolute atomic E-state index is 6.17. The van der Waals surface area contributed by atoms with Crippen molar-refractivity contribution in [1.82, 2.24) is 9.78 Å². The van der Waals surface area contributed by atoms with Gasteiger partial charge in [0.1, 0.15) is 0 Å². The van der Waals surface area contributed by atoms with Crippen molar-refractivity contribution in [3.8, 4) is 0 Å². The summed E-state index contributed by atoms with van der Waals surface area (Å²) in [5.41, 5.74) is 1.31. The first kappa shape index (κ1) is 12.6. The summed E-state index contributed by atoms with van der Waals surface area (Å²) in [5.74, 6) is 0. The average Bonchev–Trinajstić information content (AvgIpc) is 2.64. The van der Waals surface area contributed by atoms with Crippen molar-refractivity contribution in [2.45, 2.75) is 57.9 Å². The van der Waals surface area contributed by atoms with Gasteiger partial charge in [-0.05, 0) is 31.2 Å². The Balaban J connectivity index is 2.30. The zero-order valence-electron chi connectivity index (χ0n) is 9.75. The first-order valence-corrected chi connectivity index (χ1v) is 6.35. The molecule has 0 bridgehead atoms. The highest BCUT2D eigenvalue weighted by Gasteiger charge is 2.04. The molecule has 1 heterocycles. The minimum atomic E-state index is 0.324. The van der Waals surface area contributed by atoms with Gasteiger partial charge in [-0.2, -0.15) is 5.10 Å². The van der Waals surface area contributed by atoms with Crippen LogP contribution in [-0.4, -0.2) is 15.2 Å². The molecule has 1 aromatic rings. The fourth-order valence-electron chi connectivity index (χ4n) is 1.67. The quantitative estimate of drug-likeness (QED) is 0.652. The second-order valence-corrected chi connectivity index (χ2v) is 4.65. The number of hydrogen-bond acceptors (Lipinski definition) is 1. The van der Waals surface area contributed by atoms with Crippen molar-refractivity contribution in [2.75, 3.05) is 0 Å². The fraction of sp³-hybridized carbons (Fsp3) is 0.750. The Morgan fingerprint density at radius 2 is 2.13 bits per heavy atom. The van der Waals surface area contributed by atoms with E-state index in [1.54, 1.807) is 0 Å². The van der Waals surface area contributed by atoms with E-state index in [9.17, 15) is 0 Å². The van der Waals surface area contributed by atoms with Gasteiger partial charge in [0.15, 0.2) is 0 Å². The average molecular weight is 229 g/mol. The van der Waals surface area contributed by atoms with E-state index in [2.05, 4.69) is 25.1 Å². The van der Waals surface area contributed by atoms with Gasteiger partial charge in [-0.25, -0.2) is 0 Å². The number of nitrogens with zero attached hydrogens (tertiary/aromatic N) is 2. The highest BCUT2D eigenvalue weighted by Crippen LogP contribution is 2.13. The summed E-state index contributed by atoms with van der Waals surface area (Å²) in [6.07, 6.45) is 9.64. The second kappa shape index (κ2) is 6.89. The van der Waals surface area contributed by atoms with Gasteiger partial charge in [-0.3, -0.25) is 4.68 Å². The van der Waals surface area contributed by atoms with Crippen molar-refractivity contribution < 1.29 is 0 Å². The van der Waals surface area contributed by atoms with Crippen LogP contribution < -0.4 is 0 Å². The van der Waals surface area contributed by atoms with Gasteiger partial charge in [-0.15, -0.1) is 11.6 Å². The highest BCUT2D eigenvalue weighted by atomic mass is 35.5. The number of alkyl halides is 1. The van der Waals surface area contributed by atoms with Gasteiger partial charge in [0.2, 0.25) is 0 Å². The van der Waals surface area contributed by atoms with E-state index in [0.717, 1.165) is 32.2 Å². The molecule has 3 heteroatoms. The number of aryl methyl sites for hydroxylation is 2. The summed E-state index contributed by atoms with van der Waals surface area (Å²) >= 11 is 6.17. The number of aromatic nitrogens is 2. The van der Waals surface area contributed by atoms with Gasteiger partial charge >= 0.3 is 0 Å². The molecule has 0 saturated carbocycles. The van der Waals surface area contributed by atoms with Crippen molar-refractivity contribution >= 4 is 11.6 Å². The summed E-state index contributed by atoms with van der Waals surface area (Å²) < 4.78 is 2.01. The topological polar surface area (TPSA) is 17.8 Å². The third-order valence-electron chi connectivity index (χ3n) is 2.49. The molecule has 1 unspecified atom stereocenters. The Kier molecular flexibility index (Phi) is 5.77. The molecule has 0 aromatic carbocycles. The largest absolute Gasteiger partial charge is 0.272 e. The number of halogens is 1. The molecule has 0 amide bonds. The van der Waals surface area contributed by atoms with E-state index < -0.39 is 0 Å². The minimum Gasteiger partial charge on any atom is -0.272 e. The van der Waals surface area contributed by atoms with Gasteiger partial charge < -0.3 is 0 Å². The molecule has 0 aliphatic rings. The first-order valence-electron chi connectivity index (χ1n) is 5.91. The van der Waals surface area contributed by atoms with E-state index in [4.69, 9.17) is 11.6 Å². The van der Waals surface area contributed by atoms with Crippen LogP contribution in [0.1, 0.15) is 45.1 Å². The smallest absolute Gasteiger partial charge is 0.0521 e. The third kappa shape index (κ3) is 4.70. The zero-order valence-corrected chi connectivity index (χ0v) is 10.5. The summed E-state index contributed by atoms with van der Waals surface area (Å²) in [5, 5.41) is 4.63. The molecule has 1 atom stereocenters. The normalized spacial score (nSPS) is 13.0. The molecule has 1 rings (SSSR count). The van der Waals surface area contributed by atoms with Gasteiger partial charge in [-0.1, -0.05) is 20.3 Å². The number of hydrogen-bond donors (Lipinski definition) is 0. The Morgan fingerprint density at radius 3 is 2.80 bits per heavy atom. The van der Waals surface area contributed by atoms with Crippen LogP contribution in [0.2, 0.25) is 0 Å². The highest BCUT2D eigenvalue weighted by molar-refractivity contribution is 6.20. The lowest BCUT2D eigenvalue weighted by atomic mass is 10.1. The summed E-state index contributed by atoms with van der Waals surface area (Å²) in [6, 6.07) is 0. The molecule has 0 radical (unpaired) electrons. The van der Waals surface area contributed by atoms with Crippen LogP contribution in [0.5, 0.6) is 0 Å². The summed E-state index contributed by atoms with van der Waals surface area (Å²) in [7, 11) is 0. The molecule has 0 aliphatic heterocycles. The van der Waals surface area contributed by atoms with Crippen LogP contribution in [-0.2, 0) is 13.0 Å². The second-order valence-electron chi connectivity index (χ2n) is 4.04. The van der Waals surface area contributed by atoms with Crippen molar-refractivity contribution in [3.05, 3.63) is 18.0 Å². The molecule has 0 fully saturated rings. The van der Waals surface area contributed by atoms with Crippen molar-refractivity contribution in [3.63, 3.8) is 0 Å². The predicted molar refractivity (Wildman–Crippen MR) is 65.4 cm³/mol. The van der Waals surface area contributed by atoms with Crippen LogP contribution in [0.25, 0.3) is 0 Å². The predicted octanol–water partition coefficient (Wildman–Crippen LogP) is 3.63. The Labute approximate surface area is 97.6 Å². The monoisotopic (exact) mass is 228 g/mol. The Bertz CT molecular complexity index is 270. The van der Waals surface area contributed by atoms with Crippen LogP contribution in [0, 0.1) is 0 Å². The maximum Gasteiger partial charge on any atom is 0.0521 e. The van der Waals surface area contributed by atoms with Gasteiger partial charge in [0.25, 0.3) is 0 Å². The van der Waals surface area contributed by atoms with Crippen molar-refractivity contribution in [1.29, 1.82) is 0 Å². The SMILES string of the molecule is CCCC(Cl)CCc1cnn(CCC)c1. The molecule has 86 valence electrons. The van der Waals surface area contributed by atoms with Crippen LogP contribution >= 0.6 is 11.6 Å². The molecule has 2 nitrogen and oxygen atoms in total. The van der Waals surface area contributed by atoms with E-state index in [-0.39, 0.29) is 0 Å². The first-order chi connectivity index (χ1) is 7.26. The number of rotatable bonds is 7. The van der Waals surface area contributed by atoms with E-state index in [1.165, 1.54) is 12.0 Å². The molecular formula is C12H21ClN2. The lowest BCUT2D eigenvalue weighted by Crippen LogP contribution is -1.99. The van der Waals surface area contributed by atoms with Gasteiger partial charge in [0.05, 0.1) is 6.20 Å². The molecule has 0 saturated heterocycles. The lowest BCUT2D eigenvalue weighted by Gasteiger charge is -2.05. The maximum atomic E-state index is 6.17. The van der Waals surface area contributed by atoms with Crippen LogP contribution in [0.3, 0.4) is 0 Å². The lowest BCUT2D eigenvalue weighted by molar-refractivity contribution is 0.601. The van der Waals surface area contributed by atoms with Crippen LogP contribution in [0.15, 0.2) is 12.4 Å². The molecular weight excluding hydrogens is 208 g/mol. The fourth-order valence-corrected chi connectivity index (χ4v) is 2.00. The van der Waals surface area contributed by atoms with Crippen molar-refractivity contribution in [2.24, 2.45) is 0 Å². The Hall–Kier alpha value is -0.500. The third-order valence-corrected chi connectivity index (χ3v) is 2.92.